The summed E-state index contributed by atoms with van der Waals surface area (Å²) >= 11 is 1.99. The molecule has 0 spiro atoms. The number of hydrogen-bond donors (Lipinski definition) is 1. The van der Waals surface area contributed by atoms with Crippen LogP contribution in [0, 0.1) is 0 Å². The second kappa shape index (κ2) is 7.61. The van der Waals surface area contributed by atoms with Crippen molar-refractivity contribution in [3.05, 3.63) is 41.5 Å². The van der Waals surface area contributed by atoms with E-state index < -0.39 is 0 Å². The van der Waals surface area contributed by atoms with Gasteiger partial charge in [-0.1, -0.05) is 34.7 Å². The van der Waals surface area contributed by atoms with Gasteiger partial charge in [-0.25, -0.2) is 0 Å². The molecule has 136 valence electrons. The molecule has 0 bridgehead atoms. The third-order valence-corrected chi connectivity index (χ3v) is 5.15. The molecular weight excluding hydrogens is 445 g/mol. The highest BCUT2D eigenvalue weighted by Crippen LogP contribution is 2.35. The van der Waals surface area contributed by atoms with Crippen LogP contribution in [0.5, 0.6) is 0 Å². The van der Waals surface area contributed by atoms with E-state index in [1.54, 1.807) is 12.1 Å². The molecule has 0 aliphatic carbocycles. The fraction of sp³-hybridized carbons (Fsp3) is 0.316. The van der Waals surface area contributed by atoms with E-state index in [2.05, 4.69) is 5.32 Å². The first kappa shape index (κ1) is 18.6. The zero-order chi connectivity index (χ0) is 18.8. The number of halogens is 1. The van der Waals surface area contributed by atoms with Crippen LogP contribution in [0.25, 0.3) is 10.8 Å². The molecule has 2 aromatic carbocycles. The fourth-order valence-corrected chi connectivity index (χ4v) is 3.51. The molecule has 1 aliphatic rings. The van der Waals surface area contributed by atoms with Gasteiger partial charge in [0.15, 0.2) is 0 Å². The Morgan fingerprint density at radius 3 is 2.46 bits per heavy atom. The molecule has 7 heteroatoms. The van der Waals surface area contributed by atoms with E-state index in [0.717, 1.165) is 16.5 Å². The lowest BCUT2D eigenvalue weighted by atomic mass is 9.92. The monoisotopic (exact) mass is 465 g/mol. The summed E-state index contributed by atoms with van der Waals surface area (Å²) in [5.74, 6) is -0.596. The van der Waals surface area contributed by atoms with Gasteiger partial charge in [0.2, 0.25) is 5.91 Å². The second-order valence-corrected chi connectivity index (χ2v) is 7.12. The number of rotatable bonds is 6. The predicted molar refractivity (Wildman–Crippen MR) is 110 cm³/mol. The van der Waals surface area contributed by atoms with Crippen molar-refractivity contribution in [2.45, 2.75) is 6.42 Å². The highest BCUT2D eigenvalue weighted by Gasteiger charge is 2.32. The lowest BCUT2D eigenvalue weighted by Crippen LogP contribution is -2.42. The van der Waals surface area contributed by atoms with Crippen LogP contribution >= 0.6 is 22.6 Å². The Hall–Kier alpha value is -2.16. The highest BCUT2D eigenvalue weighted by molar-refractivity contribution is 14.1. The molecule has 0 radical (unpaired) electrons. The van der Waals surface area contributed by atoms with Gasteiger partial charge in [0.1, 0.15) is 0 Å². The zero-order valence-electron chi connectivity index (χ0n) is 14.7. The number of carbonyl (C=O) groups is 3. The SMILES string of the molecule is CN(C)c1ccc2c3c(cccc13)C(=O)N(CCCNC(=O)CI)C2=O. The Kier molecular flexibility index (Phi) is 5.45. The molecule has 0 fully saturated rings. The topological polar surface area (TPSA) is 69.7 Å². The summed E-state index contributed by atoms with van der Waals surface area (Å²) in [5.41, 5.74) is 2.08. The molecule has 0 saturated heterocycles. The average molecular weight is 465 g/mol. The molecule has 0 unspecified atom stereocenters. The molecule has 6 nitrogen and oxygen atoms in total. The van der Waals surface area contributed by atoms with Crippen LogP contribution in [0.15, 0.2) is 30.3 Å². The molecule has 1 N–H and O–H groups in total. The van der Waals surface area contributed by atoms with Gasteiger partial charge >= 0.3 is 0 Å². The average Bonchev–Trinajstić information content (AvgIpc) is 2.64. The van der Waals surface area contributed by atoms with Crippen molar-refractivity contribution in [1.82, 2.24) is 10.2 Å². The van der Waals surface area contributed by atoms with Crippen molar-refractivity contribution in [1.29, 1.82) is 0 Å². The Morgan fingerprint density at radius 1 is 1.12 bits per heavy atom. The first-order valence-electron chi connectivity index (χ1n) is 8.37. The third-order valence-electron chi connectivity index (χ3n) is 4.45. The van der Waals surface area contributed by atoms with Gasteiger partial charge in [-0.05, 0) is 24.6 Å². The van der Waals surface area contributed by atoms with E-state index in [9.17, 15) is 14.4 Å². The minimum atomic E-state index is -0.274. The van der Waals surface area contributed by atoms with Gasteiger partial charge in [0.25, 0.3) is 11.8 Å². The van der Waals surface area contributed by atoms with E-state index in [-0.39, 0.29) is 24.3 Å². The standard InChI is InChI=1S/C19H20IN3O3/c1-22(2)15-8-7-14-17-12(15)5-3-6-13(17)18(25)23(19(14)26)10-4-9-21-16(24)11-20/h3,5-8H,4,9-11H2,1-2H3,(H,21,24). The predicted octanol–water partition coefficient (Wildman–Crippen LogP) is 2.44. The second-order valence-electron chi connectivity index (χ2n) is 6.35. The molecular formula is C19H20IN3O3. The number of carbonyl (C=O) groups excluding carboxylic acids is 3. The van der Waals surface area contributed by atoms with E-state index in [1.807, 2.05) is 59.8 Å². The van der Waals surface area contributed by atoms with Gasteiger partial charge in [-0.15, -0.1) is 0 Å². The maximum atomic E-state index is 12.9. The molecule has 0 saturated carbocycles. The largest absolute Gasteiger partial charge is 0.377 e. The van der Waals surface area contributed by atoms with Crippen molar-refractivity contribution in [3.63, 3.8) is 0 Å². The van der Waals surface area contributed by atoms with Crippen molar-refractivity contribution in [2.24, 2.45) is 0 Å². The molecule has 0 atom stereocenters. The highest BCUT2D eigenvalue weighted by atomic mass is 127. The van der Waals surface area contributed by atoms with E-state index in [0.29, 0.717) is 28.5 Å². The van der Waals surface area contributed by atoms with Crippen LogP contribution in [0.3, 0.4) is 0 Å². The molecule has 3 amide bonds. The molecule has 0 aromatic heterocycles. The summed E-state index contributed by atoms with van der Waals surface area (Å²) in [6.45, 7) is 0.722. The minimum absolute atomic E-state index is 0.0479. The minimum Gasteiger partial charge on any atom is -0.377 e. The van der Waals surface area contributed by atoms with Crippen molar-refractivity contribution in [2.75, 3.05) is 36.5 Å². The summed E-state index contributed by atoms with van der Waals surface area (Å²) in [4.78, 5) is 40.3. The van der Waals surface area contributed by atoms with Crippen molar-refractivity contribution < 1.29 is 14.4 Å². The number of nitrogens with zero attached hydrogens (tertiary/aromatic N) is 2. The summed E-state index contributed by atoms with van der Waals surface area (Å²) < 4.78 is 0.392. The number of hydrogen-bond acceptors (Lipinski definition) is 4. The quantitative estimate of drug-likeness (QED) is 0.308. The molecule has 1 aliphatic heterocycles. The maximum absolute atomic E-state index is 12.9. The molecule has 1 heterocycles. The first-order chi connectivity index (χ1) is 12.5. The number of benzene rings is 2. The van der Waals surface area contributed by atoms with Crippen molar-refractivity contribution >= 4 is 56.8 Å². The van der Waals surface area contributed by atoms with Gasteiger partial charge in [-0.2, -0.15) is 0 Å². The molecule has 3 rings (SSSR count). The van der Waals surface area contributed by atoms with E-state index >= 15 is 0 Å². The van der Waals surface area contributed by atoms with E-state index in [1.165, 1.54) is 4.90 Å². The number of alkyl halides is 1. The number of nitrogens with one attached hydrogen (secondary N) is 1. The zero-order valence-corrected chi connectivity index (χ0v) is 16.9. The molecule has 26 heavy (non-hydrogen) atoms. The van der Waals surface area contributed by atoms with Crippen LogP contribution < -0.4 is 10.2 Å². The summed E-state index contributed by atoms with van der Waals surface area (Å²) in [5, 5.41) is 4.39. The number of amides is 3. The van der Waals surface area contributed by atoms with Crippen LogP contribution in [0.1, 0.15) is 27.1 Å². The summed E-state index contributed by atoms with van der Waals surface area (Å²) in [6.07, 6.45) is 0.529. The Balaban J connectivity index is 1.90. The third kappa shape index (κ3) is 3.27. The van der Waals surface area contributed by atoms with Gasteiger partial charge < -0.3 is 10.2 Å². The lowest BCUT2D eigenvalue weighted by Gasteiger charge is -2.28. The Labute approximate surface area is 165 Å². The normalized spacial score (nSPS) is 13.3. The Morgan fingerprint density at radius 2 is 1.81 bits per heavy atom. The van der Waals surface area contributed by atoms with Crippen LogP contribution in [0.2, 0.25) is 0 Å². The fourth-order valence-electron chi connectivity index (χ4n) is 3.24. The van der Waals surface area contributed by atoms with E-state index in [4.69, 9.17) is 0 Å². The smallest absolute Gasteiger partial charge is 0.261 e. The maximum Gasteiger partial charge on any atom is 0.261 e. The summed E-state index contributed by atoms with van der Waals surface area (Å²) in [7, 11) is 3.87. The summed E-state index contributed by atoms with van der Waals surface area (Å²) in [6, 6.07) is 9.26. The van der Waals surface area contributed by atoms with Gasteiger partial charge in [0, 0.05) is 54.8 Å². The number of imide groups is 1. The van der Waals surface area contributed by atoms with Crippen LogP contribution in [-0.2, 0) is 4.79 Å². The van der Waals surface area contributed by atoms with Gasteiger partial charge in [0.05, 0.1) is 4.43 Å². The van der Waals surface area contributed by atoms with Gasteiger partial charge in [-0.3, -0.25) is 19.3 Å². The Bertz CT molecular complexity index is 873. The lowest BCUT2D eigenvalue weighted by molar-refractivity contribution is -0.118. The first-order valence-corrected chi connectivity index (χ1v) is 9.90. The van der Waals surface area contributed by atoms with Crippen LogP contribution in [0.4, 0.5) is 5.69 Å². The van der Waals surface area contributed by atoms with Crippen LogP contribution in [-0.4, -0.2) is 54.2 Å². The number of anilines is 1. The van der Waals surface area contributed by atoms with Crippen molar-refractivity contribution in [3.8, 4) is 0 Å². The molecule has 2 aromatic rings.